The molecule has 0 aliphatic carbocycles. The number of nitrogens with one attached hydrogen (secondary N) is 2. The molecule has 2 rings (SSSR count). The van der Waals surface area contributed by atoms with E-state index in [1.54, 1.807) is 0 Å². The van der Waals surface area contributed by atoms with Crippen LogP contribution in [-0.2, 0) is 0 Å². The Morgan fingerprint density at radius 1 is 1.18 bits per heavy atom. The van der Waals surface area contributed by atoms with Crippen LogP contribution in [-0.4, -0.2) is 50.7 Å². The average molecular weight is 239 g/mol. The SMILES string of the molecule is CN1CCCC(CCNCCC2CCCN2)C1. The molecule has 2 saturated heterocycles. The van der Waals surface area contributed by atoms with Crippen LogP contribution in [0.3, 0.4) is 0 Å². The van der Waals surface area contributed by atoms with Crippen molar-refractivity contribution in [1.82, 2.24) is 15.5 Å². The van der Waals surface area contributed by atoms with E-state index in [0.29, 0.717) is 0 Å². The van der Waals surface area contributed by atoms with Crippen molar-refractivity contribution in [2.24, 2.45) is 5.92 Å². The summed E-state index contributed by atoms with van der Waals surface area (Å²) in [5, 5.41) is 7.17. The van der Waals surface area contributed by atoms with Crippen molar-refractivity contribution in [1.29, 1.82) is 0 Å². The van der Waals surface area contributed by atoms with E-state index in [1.165, 1.54) is 71.2 Å². The Kier molecular flexibility index (Phi) is 5.75. The van der Waals surface area contributed by atoms with E-state index in [0.717, 1.165) is 12.0 Å². The Bertz CT molecular complexity index is 202. The highest BCUT2D eigenvalue weighted by atomic mass is 15.1. The lowest BCUT2D eigenvalue weighted by Gasteiger charge is -2.29. The van der Waals surface area contributed by atoms with Gasteiger partial charge in [0.15, 0.2) is 0 Å². The monoisotopic (exact) mass is 239 g/mol. The second-order valence-electron chi connectivity index (χ2n) is 5.89. The van der Waals surface area contributed by atoms with Crippen LogP contribution in [0.1, 0.15) is 38.5 Å². The maximum absolute atomic E-state index is 3.62. The van der Waals surface area contributed by atoms with Gasteiger partial charge >= 0.3 is 0 Å². The highest BCUT2D eigenvalue weighted by molar-refractivity contribution is 4.75. The molecule has 3 nitrogen and oxygen atoms in total. The molecule has 2 aliphatic rings. The molecule has 17 heavy (non-hydrogen) atoms. The number of hydrogen-bond acceptors (Lipinski definition) is 3. The number of hydrogen-bond donors (Lipinski definition) is 2. The molecule has 2 atom stereocenters. The van der Waals surface area contributed by atoms with Crippen molar-refractivity contribution < 1.29 is 0 Å². The molecule has 2 aliphatic heterocycles. The van der Waals surface area contributed by atoms with Crippen LogP contribution in [0.2, 0.25) is 0 Å². The average Bonchev–Trinajstić information content (AvgIpc) is 2.82. The third kappa shape index (κ3) is 4.94. The topological polar surface area (TPSA) is 27.3 Å². The molecule has 0 bridgehead atoms. The van der Waals surface area contributed by atoms with Gasteiger partial charge in [-0.25, -0.2) is 0 Å². The van der Waals surface area contributed by atoms with Crippen LogP contribution in [0.5, 0.6) is 0 Å². The first kappa shape index (κ1) is 13.3. The molecule has 2 heterocycles. The van der Waals surface area contributed by atoms with E-state index >= 15 is 0 Å². The van der Waals surface area contributed by atoms with E-state index < -0.39 is 0 Å². The second-order valence-corrected chi connectivity index (χ2v) is 5.89. The summed E-state index contributed by atoms with van der Waals surface area (Å²) in [4.78, 5) is 2.48. The van der Waals surface area contributed by atoms with Crippen LogP contribution >= 0.6 is 0 Å². The summed E-state index contributed by atoms with van der Waals surface area (Å²) in [7, 11) is 2.26. The molecular weight excluding hydrogens is 210 g/mol. The summed E-state index contributed by atoms with van der Waals surface area (Å²) in [6.07, 6.45) is 8.27. The van der Waals surface area contributed by atoms with Crippen molar-refractivity contribution in [2.75, 3.05) is 39.8 Å². The Morgan fingerprint density at radius 2 is 2.06 bits per heavy atom. The highest BCUT2D eigenvalue weighted by Crippen LogP contribution is 2.17. The molecule has 0 aromatic heterocycles. The normalized spacial score (nSPS) is 30.9. The van der Waals surface area contributed by atoms with Crippen molar-refractivity contribution in [3.63, 3.8) is 0 Å². The van der Waals surface area contributed by atoms with Crippen molar-refractivity contribution in [3.8, 4) is 0 Å². The fourth-order valence-corrected chi connectivity index (χ4v) is 3.22. The molecule has 0 radical (unpaired) electrons. The number of rotatable bonds is 6. The van der Waals surface area contributed by atoms with Crippen molar-refractivity contribution in [3.05, 3.63) is 0 Å². The van der Waals surface area contributed by atoms with Crippen molar-refractivity contribution in [2.45, 2.75) is 44.6 Å². The quantitative estimate of drug-likeness (QED) is 0.687. The summed E-state index contributed by atoms with van der Waals surface area (Å²) in [5.74, 6) is 0.936. The van der Waals surface area contributed by atoms with E-state index in [9.17, 15) is 0 Å². The summed E-state index contributed by atoms with van der Waals surface area (Å²) in [6, 6.07) is 0.795. The first-order valence-electron chi connectivity index (χ1n) is 7.47. The van der Waals surface area contributed by atoms with Crippen molar-refractivity contribution >= 4 is 0 Å². The Morgan fingerprint density at radius 3 is 2.82 bits per heavy atom. The predicted octanol–water partition coefficient (Wildman–Crippen LogP) is 1.45. The molecule has 0 saturated carbocycles. The Balaban J connectivity index is 1.45. The molecule has 2 N–H and O–H groups in total. The first-order chi connectivity index (χ1) is 8.34. The zero-order chi connectivity index (χ0) is 11.9. The minimum absolute atomic E-state index is 0.795. The Labute approximate surface area is 106 Å². The van der Waals surface area contributed by atoms with Gasteiger partial charge < -0.3 is 15.5 Å². The highest BCUT2D eigenvalue weighted by Gasteiger charge is 2.16. The van der Waals surface area contributed by atoms with Gasteiger partial charge in [0.25, 0.3) is 0 Å². The number of nitrogens with zero attached hydrogens (tertiary/aromatic N) is 1. The van der Waals surface area contributed by atoms with Gasteiger partial charge in [-0.2, -0.15) is 0 Å². The van der Waals surface area contributed by atoms with Crippen LogP contribution in [0, 0.1) is 5.92 Å². The van der Waals surface area contributed by atoms with Gasteiger partial charge in [0.05, 0.1) is 0 Å². The lowest BCUT2D eigenvalue weighted by atomic mass is 9.95. The molecular formula is C14H29N3. The first-order valence-corrected chi connectivity index (χ1v) is 7.47. The molecule has 0 aromatic rings. The maximum atomic E-state index is 3.62. The van der Waals surface area contributed by atoms with E-state index in [1.807, 2.05) is 0 Å². The molecule has 3 heteroatoms. The molecule has 0 spiro atoms. The minimum atomic E-state index is 0.795. The van der Waals surface area contributed by atoms with Crippen LogP contribution in [0.15, 0.2) is 0 Å². The van der Waals surface area contributed by atoms with E-state index in [2.05, 4.69) is 22.6 Å². The third-order valence-corrected chi connectivity index (χ3v) is 4.28. The zero-order valence-corrected chi connectivity index (χ0v) is 11.4. The molecule has 0 aromatic carbocycles. The van der Waals surface area contributed by atoms with Gasteiger partial charge in [-0.05, 0) is 77.7 Å². The minimum Gasteiger partial charge on any atom is -0.317 e. The number of likely N-dealkylation sites (tertiary alicyclic amines) is 1. The molecule has 2 unspecified atom stereocenters. The lowest BCUT2D eigenvalue weighted by molar-refractivity contribution is 0.201. The molecule has 100 valence electrons. The van der Waals surface area contributed by atoms with Gasteiger partial charge in [0, 0.05) is 12.6 Å². The fourth-order valence-electron chi connectivity index (χ4n) is 3.22. The maximum Gasteiger partial charge on any atom is 0.00796 e. The van der Waals surface area contributed by atoms with E-state index in [-0.39, 0.29) is 0 Å². The smallest absolute Gasteiger partial charge is 0.00796 e. The fraction of sp³-hybridized carbons (Fsp3) is 1.00. The zero-order valence-electron chi connectivity index (χ0n) is 11.4. The van der Waals surface area contributed by atoms with Gasteiger partial charge in [0.2, 0.25) is 0 Å². The van der Waals surface area contributed by atoms with Crippen LogP contribution < -0.4 is 10.6 Å². The second kappa shape index (κ2) is 7.34. The summed E-state index contributed by atoms with van der Waals surface area (Å²) < 4.78 is 0. The lowest BCUT2D eigenvalue weighted by Crippen LogP contribution is -2.34. The van der Waals surface area contributed by atoms with Gasteiger partial charge in [-0.3, -0.25) is 0 Å². The summed E-state index contributed by atoms with van der Waals surface area (Å²) >= 11 is 0. The van der Waals surface area contributed by atoms with Crippen LogP contribution in [0.25, 0.3) is 0 Å². The predicted molar refractivity (Wildman–Crippen MR) is 73.3 cm³/mol. The molecule has 2 fully saturated rings. The van der Waals surface area contributed by atoms with Crippen LogP contribution in [0.4, 0.5) is 0 Å². The standard InChI is InChI=1S/C14H29N3/c1-17-11-3-4-13(12-17)6-9-15-10-7-14-5-2-8-16-14/h13-16H,2-12H2,1H3. The summed E-state index contributed by atoms with van der Waals surface area (Å²) in [5.41, 5.74) is 0. The van der Waals surface area contributed by atoms with E-state index in [4.69, 9.17) is 0 Å². The third-order valence-electron chi connectivity index (χ3n) is 4.28. The summed E-state index contributed by atoms with van der Waals surface area (Å²) in [6.45, 7) is 6.26. The van der Waals surface area contributed by atoms with Gasteiger partial charge in [-0.15, -0.1) is 0 Å². The Hall–Kier alpha value is -0.120. The number of piperidine rings is 1. The van der Waals surface area contributed by atoms with Gasteiger partial charge in [-0.1, -0.05) is 0 Å². The van der Waals surface area contributed by atoms with Gasteiger partial charge in [0.1, 0.15) is 0 Å². The molecule has 0 amide bonds. The largest absolute Gasteiger partial charge is 0.317 e.